The zero-order valence-corrected chi connectivity index (χ0v) is 8.53. The Bertz CT molecular complexity index is 270. The number of carboxylic acids is 1. The molecule has 0 saturated heterocycles. The monoisotopic (exact) mass is 234 g/mol. The summed E-state index contributed by atoms with van der Waals surface area (Å²) in [6, 6.07) is -2.52. The smallest absolute Gasteiger partial charge is 0.326 e. The lowest BCUT2D eigenvalue weighted by molar-refractivity contribution is -0.139. The number of hydrazine groups is 1. The van der Waals surface area contributed by atoms with Crippen molar-refractivity contribution in [2.75, 3.05) is 6.54 Å². The lowest BCUT2D eigenvalue weighted by Crippen LogP contribution is -2.50. The molecule has 1 atom stereocenters. The highest BCUT2D eigenvalue weighted by Crippen LogP contribution is 1.95. The zero-order valence-electron chi connectivity index (χ0n) is 8.53. The Morgan fingerprint density at radius 3 is 2.25 bits per heavy atom. The number of nitrogens with one attached hydrogen (secondary N) is 3. The van der Waals surface area contributed by atoms with Crippen molar-refractivity contribution in [2.45, 2.75) is 18.9 Å². The van der Waals surface area contributed by atoms with E-state index in [1.54, 1.807) is 0 Å². The number of primary amides is 2. The van der Waals surface area contributed by atoms with Gasteiger partial charge in [0.1, 0.15) is 6.04 Å². The van der Waals surface area contributed by atoms with Crippen LogP contribution in [-0.2, 0) is 4.79 Å². The summed E-state index contributed by atoms with van der Waals surface area (Å²) in [5.74, 6) is -1.13. The number of hydrogen-bond donors (Lipinski definition) is 6. The van der Waals surface area contributed by atoms with E-state index >= 15 is 0 Å². The Hall–Kier alpha value is -2.03. The van der Waals surface area contributed by atoms with Gasteiger partial charge in [0.2, 0.25) is 0 Å². The molecule has 0 aliphatic carbocycles. The molecule has 0 aromatic rings. The van der Waals surface area contributed by atoms with Crippen molar-refractivity contribution >= 4 is 18.0 Å². The maximum absolute atomic E-state index is 10.7. The third-order valence-electron chi connectivity index (χ3n) is 1.64. The third kappa shape index (κ3) is 7.38. The van der Waals surface area contributed by atoms with E-state index in [1.807, 2.05) is 5.43 Å². The minimum atomic E-state index is -1.13. The topological polar surface area (TPSA) is 160 Å². The van der Waals surface area contributed by atoms with Gasteiger partial charge in [-0.15, -0.1) is 0 Å². The van der Waals surface area contributed by atoms with Crippen molar-refractivity contribution in [3.63, 3.8) is 0 Å². The second-order valence-electron chi connectivity index (χ2n) is 2.96. The van der Waals surface area contributed by atoms with Crippen LogP contribution >= 0.6 is 0 Å². The minimum Gasteiger partial charge on any atom is -0.480 e. The van der Waals surface area contributed by atoms with E-state index in [0.29, 0.717) is 6.42 Å². The molecule has 0 spiro atoms. The van der Waals surface area contributed by atoms with Crippen molar-refractivity contribution in [3.05, 3.63) is 0 Å². The summed E-state index contributed by atoms with van der Waals surface area (Å²) in [6.45, 7) is 0.261. The Labute approximate surface area is 91.5 Å². The standard InChI is InChI=1S/C7H15N5O4/c8-6(15)10-3-1-2-4(5(13)14)11-12-7(9)16/h4,11H,1-3H2,(H,13,14)(H3,8,10,15)(H3,9,12,16)/t4-/m0/s1/i12+1. The first-order valence-electron chi connectivity index (χ1n) is 4.50. The lowest BCUT2D eigenvalue weighted by Gasteiger charge is -2.13. The lowest BCUT2D eigenvalue weighted by atomic mass is 10.2. The average molecular weight is 234 g/mol. The van der Waals surface area contributed by atoms with Crippen molar-refractivity contribution < 1.29 is 19.5 Å². The van der Waals surface area contributed by atoms with Crippen LogP contribution < -0.4 is 27.6 Å². The second-order valence-corrected chi connectivity index (χ2v) is 2.96. The number of amides is 4. The Morgan fingerprint density at radius 2 is 1.81 bits per heavy atom. The van der Waals surface area contributed by atoms with Crippen LogP contribution in [0.4, 0.5) is 9.59 Å². The van der Waals surface area contributed by atoms with Gasteiger partial charge in [-0.05, 0) is 12.8 Å². The number of aliphatic carboxylic acids is 1. The molecule has 9 nitrogen and oxygen atoms in total. The van der Waals surface area contributed by atoms with Crippen LogP contribution in [0.25, 0.3) is 0 Å². The molecule has 16 heavy (non-hydrogen) atoms. The first-order chi connectivity index (χ1) is 7.43. The molecule has 0 rings (SSSR count). The molecule has 0 heterocycles. The molecule has 0 saturated carbocycles. The number of rotatable bonds is 7. The quantitative estimate of drug-likeness (QED) is 0.171. The van der Waals surface area contributed by atoms with Crippen LogP contribution in [0.1, 0.15) is 12.8 Å². The molecule has 0 aromatic heterocycles. The van der Waals surface area contributed by atoms with Crippen molar-refractivity contribution in [2.24, 2.45) is 11.5 Å². The van der Waals surface area contributed by atoms with Gasteiger partial charge in [0.15, 0.2) is 0 Å². The minimum absolute atomic E-state index is 0.204. The van der Waals surface area contributed by atoms with Gasteiger partial charge in [0, 0.05) is 6.54 Å². The number of nitrogens with two attached hydrogens (primary N) is 2. The summed E-state index contributed by atoms with van der Waals surface area (Å²) in [5.41, 5.74) is 13.8. The fourth-order valence-electron chi connectivity index (χ4n) is 0.933. The molecule has 0 aliphatic rings. The van der Waals surface area contributed by atoms with Crippen LogP contribution in [0, 0.1) is 0 Å². The van der Waals surface area contributed by atoms with Gasteiger partial charge >= 0.3 is 18.0 Å². The number of carboxylic acid groups (broad SMARTS) is 1. The number of hydrogen-bond acceptors (Lipinski definition) is 4. The van der Waals surface area contributed by atoms with Crippen LogP contribution in [-0.4, -0.2) is 35.7 Å². The second kappa shape index (κ2) is 7.29. The van der Waals surface area contributed by atoms with Crippen LogP contribution in [0.2, 0.25) is 0 Å². The number of urea groups is 2. The molecule has 0 unspecified atom stereocenters. The first-order valence-corrected chi connectivity index (χ1v) is 4.50. The van der Waals surface area contributed by atoms with Gasteiger partial charge in [0.05, 0.1) is 0 Å². The third-order valence-corrected chi connectivity index (χ3v) is 1.64. The predicted molar refractivity (Wildman–Crippen MR) is 54.1 cm³/mol. The van der Waals surface area contributed by atoms with Gasteiger partial charge < -0.3 is 21.9 Å². The molecule has 0 bridgehead atoms. The molecule has 4 amide bonds. The molecule has 0 aromatic carbocycles. The molecule has 9 heteroatoms. The molecule has 8 N–H and O–H groups in total. The van der Waals surface area contributed by atoms with E-state index < -0.39 is 24.1 Å². The SMILES string of the molecule is NC(=O)NCCC[C@H](N[15NH]C(N)=O)C(=O)O. The van der Waals surface area contributed by atoms with E-state index in [2.05, 4.69) is 10.7 Å². The molecule has 0 fully saturated rings. The fourth-order valence-corrected chi connectivity index (χ4v) is 0.933. The van der Waals surface area contributed by atoms with Crippen molar-refractivity contribution in [1.29, 1.82) is 0 Å². The molecular formula is C7H15N5O4. The molecular weight excluding hydrogens is 219 g/mol. The van der Waals surface area contributed by atoms with Crippen LogP contribution in [0.15, 0.2) is 0 Å². The molecule has 92 valence electrons. The van der Waals surface area contributed by atoms with E-state index in [0.717, 1.165) is 0 Å². The highest BCUT2D eigenvalue weighted by atomic mass is 16.4. The van der Waals surface area contributed by atoms with E-state index in [1.165, 1.54) is 0 Å². The van der Waals surface area contributed by atoms with Gasteiger partial charge in [-0.25, -0.2) is 15.0 Å². The van der Waals surface area contributed by atoms with Crippen LogP contribution in [0.5, 0.6) is 0 Å². The molecule has 0 aliphatic heterocycles. The normalized spacial score (nSPS) is 11.5. The zero-order chi connectivity index (χ0) is 12.6. The highest BCUT2D eigenvalue weighted by molar-refractivity contribution is 5.75. The predicted octanol–water partition coefficient (Wildman–Crippen LogP) is -1.94. The molecule has 0 radical (unpaired) electrons. The first kappa shape index (κ1) is 14.0. The Morgan fingerprint density at radius 1 is 1.19 bits per heavy atom. The van der Waals surface area contributed by atoms with Gasteiger partial charge in [-0.3, -0.25) is 10.2 Å². The van der Waals surface area contributed by atoms with Crippen molar-refractivity contribution in [3.8, 4) is 0 Å². The van der Waals surface area contributed by atoms with Gasteiger partial charge in [-0.1, -0.05) is 0 Å². The number of carbonyl (C=O) groups is 3. The fraction of sp³-hybridized carbons (Fsp3) is 0.571. The maximum atomic E-state index is 10.7. The summed E-state index contributed by atoms with van der Waals surface area (Å²) in [4.78, 5) is 31.3. The summed E-state index contributed by atoms with van der Waals surface area (Å²) >= 11 is 0. The van der Waals surface area contributed by atoms with E-state index in [4.69, 9.17) is 16.6 Å². The summed E-state index contributed by atoms with van der Waals surface area (Å²) in [5, 5.41) is 11.0. The number of carbonyl (C=O) groups excluding carboxylic acids is 2. The summed E-state index contributed by atoms with van der Waals surface area (Å²) in [7, 11) is 0. The van der Waals surface area contributed by atoms with Gasteiger partial charge in [-0.2, -0.15) is 0 Å². The van der Waals surface area contributed by atoms with E-state index in [-0.39, 0.29) is 13.0 Å². The highest BCUT2D eigenvalue weighted by Gasteiger charge is 2.16. The van der Waals surface area contributed by atoms with Crippen LogP contribution in [0.3, 0.4) is 0 Å². The maximum Gasteiger partial charge on any atom is 0.326 e. The van der Waals surface area contributed by atoms with E-state index in [9.17, 15) is 14.4 Å². The van der Waals surface area contributed by atoms with Gasteiger partial charge in [0.25, 0.3) is 0 Å². The Kier molecular flexibility index (Phi) is 6.36. The van der Waals surface area contributed by atoms with Crippen molar-refractivity contribution in [1.82, 2.24) is 16.2 Å². The largest absolute Gasteiger partial charge is 0.480 e. The Balaban J connectivity index is 3.81. The summed E-state index contributed by atoms with van der Waals surface area (Å²) < 4.78 is 0. The summed E-state index contributed by atoms with van der Waals surface area (Å²) in [6.07, 6.45) is 0.600. The average Bonchev–Trinajstić information content (AvgIpc) is 2.15.